The highest BCUT2D eigenvalue weighted by atomic mass is 127. The molecular formula is C32H29IN6O2. The van der Waals surface area contributed by atoms with Crippen LogP contribution < -0.4 is 9.80 Å². The third kappa shape index (κ3) is 6.14. The Morgan fingerprint density at radius 1 is 0.659 bits per heavy atom. The minimum atomic E-state index is -0.00842. The Balaban J connectivity index is 0.000000165. The van der Waals surface area contributed by atoms with Crippen molar-refractivity contribution in [3.05, 3.63) is 117 Å². The number of pyridine rings is 2. The highest BCUT2D eigenvalue weighted by molar-refractivity contribution is 14.1. The lowest BCUT2D eigenvalue weighted by atomic mass is 10.0. The van der Waals surface area contributed by atoms with E-state index < -0.39 is 0 Å². The molecular weight excluding hydrogens is 627 g/mol. The van der Waals surface area contributed by atoms with Gasteiger partial charge in [-0.15, -0.1) is 0 Å². The van der Waals surface area contributed by atoms with Crippen molar-refractivity contribution in [1.82, 2.24) is 19.9 Å². The number of benzene rings is 2. The van der Waals surface area contributed by atoms with E-state index in [1.165, 1.54) is 0 Å². The molecule has 0 bridgehead atoms. The first-order valence-electron chi connectivity index (χ1n) is 12.9. The van der Waals surface area contributed by atoms with E-state index in [1.807, 2.05) is 117 Å². The molecule has 9 heteroatoms. The topological polar surface area (TPSA) is 98.0 Å². The van der Waals surface area contributed by atoms with E-state index in [1.54, 1.807) is 12.4 Å². The summed E-state index contributed by atoms with van der Waals surface area (Å²) in [5.41, 5.74) is 6.30. The zero-order valence-electron chi connectivity index (χ0n) is 23.1. The Bertz CT molecular complexity index is 1840. The van der Waals surface area contributed by atoms with Crippen LogP contribution in [0.15, 0.2) is 91.5 Å². The molecule has 0 aliphatic heterocycles. The molecule has 0 fully saturated rings. The third-order valence-electron chi connectivity index (χ3n) is 6.70. The van der Waals surface area contributed by atoms with Crippen LogP contribution in [0.5, 0.6) is 0 Å². The Morgan fingerprint density at radius 2 is 1.17 bits per heavy atom. The number of carbonyl (C=O) groups excluding carboxylic acids is 2. The number of anilines is 2. The molecule has 4 aromatic heterocycles. The number of halogens is 1. The van der Waals surface area contributed by atoms with E-state index in [0.29, 0.717) is 22.3 Å². The van der Waals surface area contributed by atoms with Gasteiger partial charge >= 0.3 is 0 Å². The number of rotatable bonds is 6. The second-order valence-electron chi connectivity index (χ2n) is 9.94. The Morgan fingerprint density at radius 3 is 1.71 bits per heavy atom. The molecule has 0 unspecified atom stereocenters. The van der Waals surface area contributed by atoms with Crippen LogP contribution in [0.3, 0.4) is 0 Å². The first kappa shape index (κ1) is 28.0. The molecule has 0 atom stereocenters. The summed E-state index contributed by atoms with van der Waals surface area (Å²) in [6, 6.07) is 20.8. The average molecular weight is 657 g/mol. The number of aromatic nitrogens is 4. The number of hydrogen-bond donors (Lipinski definition) is 2. The van der Waals surface area contributed by atoms with Crippen LogP contribution in [0.4, 0.5) is 11.4 Å². The van der Waals surface area contributed by atoms with Crippen LogP contribution in [0.25, 0.3) is 22.1 Å². The molecule has 0 saturated heterocycles. The van der Waals surface area contributed by atoms with Gasteiger partial charge in [0.25, 0.3) is 0 Å². The number of carbonyl (C=O) groups is 2. The quantitative estimate of drug-likeness (QED) is 0.161. The molecule has 2 N–H and O–H groups in total. The summed E-state index contributed by atoms with van der Waals surface area (Å²) < 4.78 is 1.06. The minimum Gasteiger partial charge on any atom is -0.378 e. The van der Waals surface area contributed by atoms with Gasteiger partial charge in [-0.1, -0.05) is 0 Å². The molecule has 206 valence electrons. The van der Waals surface area contributed by atoms with Crippen LogP contribution in [0.2, 0.25) is 0 Å². The monoisotopic (exact) mass is 656 g/mol. The first-order chi connectivity index (χ1) is 19.7. The van der Waals surface area contributed by atoms with E-state index in [2.05, 4.69) is 42.5 Å². The molecule has 4 heterocycles. The maximum atomic E-state index is 12.5. The van der Waals surface area contributed by atoms with Crippen LogP contribution in [0, 0.1) is 3.57 Å². The molecule has 8 nitrogen and oxygen atoms in total. The van der Waals surface area contributed by atoms with Gasteiger partial charge in [-0.3, -0.25) is 9.59 Å². The number of hydrogen-bond acceptors (Lipinski definition) is 6. The van der Waals surface area contributed by atoms with E-state index in [9.17, 15) is 9.59 Å². The summed E-state index contributed by atoms with van der Waals surface area (Å²) in [5.74, 6) is -0.0161. The van der Waals surface area contributed by atoms with Crippen LogP contribution >= 0.6 is 22.6 Å². The smallest absolute Gasteiger partial charge is 0.194 e. The summed E-state index contributed by atoms with van der Waals surface area (Å²) >= 11 is 2.23. The molecule has 0 aliphatic carbocycles. The number of H-pyrrole nitrogens is 2. The number of aromatic amines is 2. The van der Waals surface area contributed by atoms with Crippen molar-refractivity contribution in [1.29, 1.82) is 0 Å². The van der Waals surface area contributed by atoms with Crippen LogP contribution in [-0.4, -0.2) is 59.7 Å². The third-order valence-corrected chi connectivity index (χ3v) is 7.59. The Kier molecular flexibility index (Phi) is 8.16. The lowest BCUT2D eigenvalue weighted by Crippen LogP contribution is -2.09. The van der Waals surface area contributed by atoms with Gasteiger partial charge in [-0.25, -0.2) is 9.97 Å². The van der Waals surface area contributed by atoms with Crippen LogP contribution in [-0.2, 0) is 0 Å². The summed E-state index contributed by atoms with van der Waals surface area (Å²) in [5, 5.41) is 1.92. The molecule has 6 rings (SSSR count). The van der Waals surface area contributed by atoms with E-state index in [0.717, 1.165) is 37.0 Å². The highest BCUT2D eigenvalue weighted by Gasteiger charge is 2.13. The van der Waals surface area contributed by atoms with Crippen LogP contribution in [0.1, 0.15) is 31.8 Å². The van der Waals surface area contributed by atoms with E-state index in [-0.39, 0.29) is 11.6 Å². The van der Waals surface area contributed by atoms with Gasteiger partial charge in [-0.2, -0.15) is 0 Å². The summed E-state index contributed by atoms with van der Waals surface area (Å²) in [4.78, 5) is 43.6. The largest absolute Gasteiger partial charge is 0.378 e. The molecule has 6 aromatic rings. The molecule has 0 amide bonds. The second-order valence-corrected chi connectivity index (χ2v) is 11.1. The number of nitrogens with one attached hydrogen (secondary N) is 2. The predicted octanol–water partition coefficient (Wildman–Crippen LogP) is 6.32. The minimum absolute atomic E-state index is 0.00768. The van der Waals surface area contributed by atoms with Gasteiger partial charge in [0.1, 0.15) is 11.3 Å². The first-order valence-corrected chi connectivity index (χ1v) is 14.0. The Hall–Kier alpha value is -4.51. The molecule has 0 radical (unpaired) electrons. The Labute approximate surface area is 251 Å². The fourth-order valence-electron chi connectivity index (χ4n) is 4.31. The van der Waals surface area contributed by atoms with Crippen molar-refractivity contribution in [3.63, 3.8) is 0 Å². The number of fused-ring (bicyclic) bond motifs is 2. The van der Waals surface area contributed by atoms with Gasteiger partial charge in [0, 0.05) is 101 Å². The van der Waals surface area contributed by atoms with Gasteiger partial charge in [-0.05, 0) is 89.3 Å². The SMILES string of the molecule is CN(C)c1ccc(C(=O)c2cnc3[nH]cc(I)c3c2)cc1.CN(C)c1ccc(C(=O)c2cnc3[nH]ccc3c2)cc1. The predicted molar refractivity (Wildman–Crippen MR) is 173 cm³/mol. The molecule has 0 aliphatic rings. The fraction of sp³-hybridized carbons (Fsp3) is 0.125. The van der Waals surface area contributed by atoms with Crippen molar-refractivity contribution >= 4 is 67.6 Å². The molecule has 0 spiro atoms. The summed E-state index contributed by atoms with van der Waals surface area (Å²) in [6.07, 6.45) is 6.94. The van der Waals surface area contributed by atoms with Crippen molar-refractivity contribution in [2.45, 2.75) is 0 Å². The second kappa shape index (κ2) is 11.9. The lowest BCUT2D eigenvalue weighted by molar-refractivity contribution is 0.103. The van der Waals surface area contributed by atoms with E-state index >= 15 is 0 Å². The lowest BCUT2D eigenvalue weighted by Gasteiger charge is -2.12. The molecule has 0 saturated carbocycles. The van der Waals surface area contributed by atoms with Crippen molar-refractivity contribution in [3.8, 4) is 0 Å². The average Bonchev–Trinajstić information content (AvgIpc) is 3.62. The maximum Gasteiger partial charge on any atom is 0.194 e. The normalized spacial score (nSPS) is 10.8. The molecule has 2 aromatic carbocycles. The van der Waals surface area contributed by atoms with Gasteiger partial charge in [0.15, 0.2) is 11.6 Å². The zero-order valence-corrected chi connectivity index (χ0v) is 25.3. The zero-order chi connectivity index (χ0) is 29.1. The van der Waals surface area contributed by atoms with Gasteiger partial charge in [0.05, 0.1) is 0 Å². The molecule has 41 heavy (non-hydrogen) atoms. The number of ketones is 2. The fourth-order valence-corrected chi connectivity index (χ4v) is 4.88. The van der Waals surface area contributed by atoms with Crippen molar-refractivity contribution in [2.75, 3.05) is 38.0 Å². The standard InChI is InChI=1S/C16H14IN3O.C16H15N3O/c1-20(2)12-5-3-10(4-6-12)15(21)11-7-13-14(17)9-19-16(13)18-8-11;1-19(2)14-5-3-11(4-6-14)15(20)13-9-12-7-8-17-16(12)18-10-13/h3-9H,1-2H3,(H,18,19);3-10H,1-2H3,(H,17,18). The highest BCUT2D eigenvalue weighted by Crippen LogP contribution is 2.22. The number of nitrogens with zero attached hydrogens (tertiary/aromatic N) is 4. The summed E-state index contributed by atoms with van der Waals surface area (Å²) in [7, 11) is 7.90. The van der Waals surface area contributed by atoms with Crippen molar-refractivity contribution in [2.24, 2.45) is 0 Å². The van der Waals surface area contributed by atoms with Gasteiger partial charge in [0.2, 0.25) is 0 Å². The maximum absolute atomic E-state index is 12.5. The van der Waals surface area contributed by atoms with Crippen molar-refractivity contribution < 1.29 is 9.59 Å². The van der Waals surface area contributed by atoms with Gasteiger partial charge < -0.3 is 19.8 Å². The van der Waals surface area contributed by atoms with E-state index in [4.69, 9.17) is 0 Å². The summed E-state index contributed by atoms with van der Waals surface area (Å²) in [6.45, 7) is 0.